The first-order valence-electron chi connectivity index (χ1n) is 6.20. The predicted molar refractivity (Wildman–Crippen MR) is 66.9 cm³/mol. The minimum Gasteiger partial charge on any atom is -0.346 e. The molecule has 2 heterocycles. The molecule has 102 valence electrons. The largest absolute Gasteiger partial charge is 0.346 e. The Hall–Kier alpha value is -2.25. The van der Waals surface area contributed by atoms with E-state index in [4.69, 9.17) is 0 Å². The molecule has 0 unspecified atom stereocenters. The van der Waals surface area contributed by atoms with Crippen LogP contribution in [0.5, 0.6) is 0 Å². The zero-order valence-electron chi connectivity index (χ0n) is 11.0. The predicted octanol–water partition coefficient (Wildman–Crippen LogP) is 0.362. The number of aromatic amines is 1. The lowest BCUT2D eigenvalue weighted by atomic mass is 10.2. The van der Waals surface area contributed by atoms with E-state index in [1.165, 1.54) is 11.0 Å². The number of H-pyrrole nitrogens is 1. The van der Waals surface area contributed by atoms with Crippen molar-refractivity contribution in [2.75, 3.05) is 0 Å². The van der Waals surface area contributed by atoms with Gasteiger partial charge in [0.05, 0.1) is 12.6 Å². The number of hydrogen-bond donors (Lipinski definition) is 2. The van der Waals surface area contributed by atoms with Crippen molar-refractivity contribution in [3.8, 4) is 0 Å². The summed E-state index contributed by atoms with van der Waals surface area (Å²) in [6, 6.07) is -0.0879. The Morgan fingerprint density at radius 2 is 2.42 bits per heavy atom. The van der Waals surface area contributed by atoms with Crippen molar-refractivity contribution in [3.63, 3.8) is 0 Å². The molecule has 0 aliphatic rings. The lowest BCUT2D eigenvalue weighted by molar-refractivity contribution is -0.122. The molecule has 1 atom stereocenters. The van der Waals surface area contributed by atoms with Crippen molar-refractivity contribution in [2.24, 2.45) is 0 Å². The summed E-state index contributed by atoms with van der Waals surface area (Å²) in [5.74, 6) is 0.743. The van der Waals surface area contributed by atoms with Crippen LogP contribution >= 0.6 is 0 Å². The summed E-state index contributed by atoms with van der Waals surface area (Å²) < 4.78 is 1.53. The second-order valence-corrected chi connectivity index (χ2v) is 4.30. The van der Waals surface area contributed by atoms with Gasteiger partial charge < -0.3 is 10.3 Å². The maximum atomic E-state index is 11.9. The summed E-state index contributed by atoms with van der Waals surface area (Å²) in [4.78, 5) is 19.2. The van der Waals surface area contributed by atoms with Crippen molar-refractivity contribution in [3.05, 3.63) is 24.0 Å². The molecule has 2 aromatic heterocycles. The van der Waals surface area contributed by atoms with Crippen molar-refractivity contribution in [1.29, 1.82) is 0 Å². The fraction of sp³-hybridized carbons (Fsp3) is 0.545. The average molecular weight is 263 g/mol. The highest BCUT2D eigenvalue weighted by Crippen LogP contribution is 2.12. The van der Waals surface area contributed by atoms with Crippen molar-refractivity contribution < 1.29 is 4.79 Å². The van der Waals surface area contributed by atoms with E-state index in [9.17, 15) is 4.79 Å². The molecule has 19 heavy (non-hydrogen) atoms. The third kappa shape index (κ3) is 3.60. The fourth-order valence-electron chi connectivity index (χ4n) is 1.74. The summed E-state index contributed by atoms with van der Waals surface area (Å²) in [5.41, 5.74) is 0.983. The van der Waals surface area contributed by atoms with Gasteiger partial charge in [-0.15, -0.1) is 5.10 Å². The van der Waals surface area contributed by atoms with Crippen LogP contribution in [0.4, 0.5) is 0 Å². The number of nitrogens with zero attached hydrogens (tertiary/aromatic N) is 5. The Bertz CT molecular complexity index is 519. The Kier molecular flexibility index (Phi) is 4.22. The van der Waals surface area contributed by atoms with Gasteiger partial charge in [0, 0.05) is 18.3 Å². The van der Waals surface area contributed by atoms with Gasteiger partial charge in [-0.1, -0.05) is 6.92 Å². The van der Waals surface area contributed by atoms with Gasteiger partial charge >= 0.3 is 0 Å². The topological polar surface area (TPSA) is 101 Å². The summed E-state index contributed by atoms with van der Waals surface area (Å²) in [5, 5.41) is 13.7. The molecule has 2 N–H and O–H groups in total. The van der Waals surface area contributed by atoms with E-state index in [2.05, 4.69) is 30.8 Å². The minimum atomic E-state index is -0.0879. The summed E-state index contributed by atoms with van der Waals surface area (Å²) in [6.07, 6.45) is 4.36. The van der Waals surface area contributed by atoms with E-state index in [-0.39, 0.29) is 11.9 Å². The zero-order chi connectivity index (χ0) is 13.7. The maximum absolute atomic E-state index is 11.9. The number of carbonyl (C=O) groups is 1. The number of amides is 1. The quantitative estimate of drug-likeness (QED) is 0.783. The second-order valence-electron chi connectivity index (χ2n) is 4.30. The first-order valence-corrected chi connectivity index (χ1v) is 6.20. The first kappa shape index (κ1) is 13.2. The van der Waals surface area contributed by atoms with Gasteiger partial charge in [0.25, 0.3) is 0 Å². The van der Waals surface area contributed by atoms with Gasteiger partial charge in [0.2, 0.25) is 5.91 Å². The van der Waals surface area contributed by atoms with Crippen LogP contribution < -0.4 is 5.32 Å². The monoisotopic (exact) mass is 263 g/mol. The van der Waals surface area contributed by atoms with Crippen molar-refractivity contribution >= 4 is 5.91 Å². The molecule has 0 fully saturated rings. The van der Waals surface area contributed by atoms with Gasteiger partial charge in [-0.25, -0.2) is 9.67 Å². The maximum Gasteiger partial charge on any atom is 0.222 e. The molecular formula is C11H17N7O. The molecule has 2 rings (SSSR count). The van der Waals surface area contributed by atoms with Crippen LogP contribution in [0, 0.1) is 6.92 Å². The highest BCUT2D eigenvalue weighted by Gasteiger charge is 2.15. The highest BCUT2D eigenvalue weighted by molar-refractivity contribution is 5.76. The molecule has 0 aliphatic carbocycles. The first-order chi connectivity index (χ1) is 9.19. The van der Waals surface area contributed by atoms with E-state index in [0.29, 0.717) is 13.0 Å². The van der Waals surface area contributed by atoms with Gasteiger partial charge in [0.15, 0.2) is 0 Å². The number of aryl methyl sites for hydroxylation is 2. The molecule has 0 saturated carbocycles. The van der Waals surface area contributed by atoms with Gasteiger partial charge in [-0.2, -0.15) is 0 Å². The summed E-state index contributed by atoms with van der Waals surface area (Å²) >= 11 is 0. The third-order valence-electron chi connectivity index (χ3n) is 2.76. The van der Waals surface area contributed by atoms with Crippen LogP contribution in [0.25, 0.3) is 0 Å². The Labute approximate surface area is 110 Å². The van der Waals surface area contributed by atoms with Crippen LogP contribution in [-0.4, -0.2) is 36.1 Å². The summed E-state index contributed by atoms with van der Waals surface area (Å²) in [7, 11) is 0. The van der Waals surface area contributed by atoms with Crippen molar-refractivity contribution in [2.45, 2.75) is 39.3 Å². The second kappa shape index (κ2) is 6.07. The normalized spacial score (nSPS) is 12.3. The smallest absolute Gasteiger partial charge is 0.222 e. The van der Waals surface area contributed by atoms with Crippen molar-refractivity contribution in [1.82, 2.24) is 35.5 Å². The SMILES string of the molecule is CC[C@@H](NC(=O)CCn1cnnn1)c1ncc(C)[nH]1. The number of tetrazole rings is 1. The van der Waals surface area contributed by atoms with E-state index >= 15 is 0 Å². The molecule has 0 aliphatic heterocycles. The molecule has 0 aromatic carbocycles. The van der Waals surface area contributed by atoms with Crippen LogP contribution in [0.2, 0.25) is 0 Å². The van der Waals surface area contributed by atoms with E-state index in [1.807, 2.05) is 13.8 Å². The number of nitrogens with one attached hydrogen (secondary N) is 2. The van der Waals surface area contributed by atoms with Gasteiger partial charge in [-0.05, 0) is 23.8 Å². The number of rotatable bonds is 6. The lowest BCUT2D eigenvalue weighted by Gasteiger charge is -2.14. The molecule has 0 saturated heterocycles. The van der Waals surface area contributed by atoms with E-state index in [1.54, 1.807) is 6.20 Å². The van der Waals surface area contributed by atoms with Gasteiger partial charge in [-0.3, -0.25) is 4.79 Å². The Morgan fingerprint density at radius 3 is 3.00 bits per heavy atom. The average Bonchev–Trinajstić information content (AvgIpc) is 3.04. The Morgan fingerprint density at radius 1 is 1.58 bits per heavy atom. The molecule has 8 heteroatoms. The standard InChI is InChI=1S/C11H17N7O/c1-3-9(11-12-6-8(2)14-11)15-10(19)4-5-18-7-13-16-17-18/h6-7,9H,3-5H2,1-2H3,(H,12,14)(H,15,19)/t9-/m1/s1. The third-order valence-corrected chi connectivity index (χ3v) is 2.76. The number of hydrogen-bond acceptors (Lipinski definition) is 5. The fourth-order valence-corrected chi connectivity index (χ4v) is 1.74. The highest BCUT2D eigenvalue weighted by atomic mass is 16.1. The zero-order valence-corrected chi connectivity index (χ0v) is 11.0. The Balaban J connectivity index is 1.86. The minimum absolute atomic E-state index is 0.0450. The van der Waals surface area contributed by atoms with Gasteiger partial charge in [0.1, 0.15) is 12.2 Å². The number of aromatic nitrogens is 6. The van der Waals surface area contributed by atoms with Crippen LogP contribution in [0.3, 0.4) is 0 Å². The van der Waals surface area contributed by atoms with Crippen LogP contribution in [0.1, 0.15) is 37.3 Å². The van der Waals surface area contributed by atoms with E-state index < -0.39 is 0 Å². The number of imidazole rings is 1. The molecule has 8 nitrogen and oxygen atoms in total. The molecular weight excluding hydrogens is 246 g/mol. The molecule has 0 bridgehead atoms. The summed E-state index contributed by atoms with van der Waals surface area (Å²) in [6.45, 7) is 4.40. The molecule has 0 radical (unpaired) electrons. The molecule has 0 spiro atoms. The van der Waals surface area contributed by atoms with Crippen LogP contribution in [0.15, 0.2) is 12.5 Å². The lowest BCUT2D eigenvalue weighted by Crippen LogP contribution is -2.29. The molecule has 1 amide bonds. The molecule has 2 aromatic rings. The van der Waals surface area contributed by atoms with Crippen LogP contribution in [-0.2, 0) is 11.3 Å². The number of carbonyl (C=O) groups excluding carboxylic acids is 1. The van der Waals surface area contributed by atoms with E-state index in [0.717, 1.165) is 17.9 Å².